The number of allylic oxidation sites excluding steroid dienone is 1. The van der Waals surface area contributed by atoms with Crippen LogP contribution >= 0.6 is 0 Å². The number of nitrogens with two attached hydrogens (primary N) is 1. The van der Waals surface area contributed by atoms with Crippen molar-refractivity contribution in [1.82, 2.24) is 0 Å². The Morgan fingerprint density at radius 1 is 1.10 bits per heavy atom. The monoisotopic (exact) mass is 446 g/mol. The van der Waals surface area contributed by atoms with E-state index in [0.717, 1.165) is 24.3 Å². The zero-order valence-electron chi connectivity index (χ0n) is 15.0. The van der Waals surface area contributed by atoms with E-state index in [9.17, 15) is 35.3 Å². The zero-order valence-corrected chi connectivity index (χ0v) is 15.8. The summed E-state index contributed by atoms with van der Waals surface area (Å²) in [5.74, 6) is -4.67. The maximum Gasteiger partial charge on any atom is 0.416 e. The van der Waals surface area contributed by atoms with E-state index in [0.29, 0.717) is 0 Å². The van der Waals surface area contributed by atoms with Crippen LogP contribution in [0.25, 0.3) is 5.57 Å². The van der Waals surface area contributed by atoms with Gasteiger partial charge < -0.3 is 10.8 Å². The molecule has 0 radical (unpaired) electrons. The van der Waals surface area contributed by atoms with Crippen molar-refractivity contribution in [1.29, 1.82) is 4.78 Å². The molecule has 0 aliphatic carbocycles. The summed E-state index contributed by atoms with van der Waals surface area (Å²) in [7, 11) is -3.52. The predicted octanol–water partition coefficient (Wildman–Crippen LogP) is 4.15. The molecule has 0 aliphatic rings. The van der Waals surface area contributed by atoms with Crippen molar-refractivity contribution >= 4 is 21.3 Å². The molecule has 0 amide bonds. The molecule has 0 fully saturated rings. The fraction of sp³-hybridized carbons (Fsp3) is 0.471. The molecule has 3 atom stereocenters. The lowest BCUT2D eigenvalue weighted by molar-refractivity contribution is -0.150. The lowest BCUT2D eigenvalue weighted by Crippen LogP contribution is -2.32. The van der Waals surface area contributed by atoms with Crippen molar-refractivity contribution in [3.63, 3.8) is 0 Å². The summed E-state index contributed by atoms with van der Waals surface area (Å²) >= 11 is 0. The average Bonchev–Trinajstić information content (AvgIpc) is 2.57. The molecule has 0 spiro atoms. The quantitative estimate of drug-likeness (QED) is 0.496. The van der Waals surface area contributed by atoms with Crippen LogP contribution in [-0.4, -0.2) is 45.2 Å². The van der Waals surface area contributed by atoms with Crippen molar-refractivity contribution in [3.8, 4) is 0 Å². The highest BCUT2D eigenvalue weighted by atomic mass is 32.2. The molecule has 2 unspecified atom stereocenters. The highest BCUT2D eigenvalue weighted by molar-refractivity contribution is 7.92. The fourth-order valence-corrected chi connectivity index (χ4v) is 3.91. The lowest BCUT2D eigenvalue weighted by atomic mass is 9.94. The maximum absolute atomic E-state index is 13.4. The van der Waals surface area contributed by atoms with E-state index in [4.69, 9.17) is 15.6 Å². The molecule has 1 rings (SSSR count). The number of alkyl halides is 6. The topological polar surface area (TPSA) is 104 Å². The number of carboxylic acids is 1. The third-order valence-electron chi connectivity index (χ3n) is 4.21. The van der Waals surface area contributed by atoms with Gasteiger partial charge in [0.05, 0.1) is 11.5 Å². The molecule has 12 heteroatoms. The maximum atomic E-state index is 13.4. The first-order valence-electron chi connectivity index (χ1n) is 8.20. The molecule has 164 valence electrons. The molecule has 0 aromatic heterocycles. The first-order valence-corrected chi connectivity index (χ1v) is 10.1. The Kier molecular flexibility index (Phi) is 7.88. The van der Waals surface area contributed by atoms with Gasteiger partial charge >= 0.3 is 18.3 Å². The van der Waals surface area contributed by atoms with Crippen molar-refractivity contribution in [3.05, 3.63) is 42.0 Å². The van der Waals surface area contributed by atoms with Gasteiger partial charge in [0.1, 0.15) is 6.04 Å². The van der Waals surface area contributed by atoms with E-state index < -0.39 is 63.5 Å². The minimum atomic E-state index is -4.78. The fourth-order valence-electron chi connectivity index (χ4n) is 2.45. The van der Waals surface area contributed by atoms with Crippen molar-refractivity contribution in [2.24, 2.45) is 5.73 Å². The minimum absolute atomic E-state index is 0.331. The highest BCUT2D eigenvalue weighted by Gasteiger charge is 2.41. The van der Waals surface area contributed by atoms with Gasteiger partial charge in [-0.25, -0.2) is 4.21 Å². The number of carbonyl (C=O) groups is 1. The van der Waals surface area contributed by atoms with Crippen molar-refractivity contribution in [2.45, 2.75) is 37.2 Å². The molecule has 1 aromatic rings. The second-order valence-corrected chi connectivity index (χ2v) is 8.87. The van der Waals surface area contributed by atoms with Crippen molar-refractivity contribution in [2.75, 3.05) is 11.5 Å². The number of hydrogen-bond acceptors (Lipinski definition) is 4. The second kappa shape index (κ2) is 9.16. The molecule has 1 aromatic carbocycles. The second-order valence-electron chi connectivity index (χ2n) is 6.43. The van der Waals surface area contributed by atoms with E-state index in [1.54, 1.807) is 0 Å². The largest absolute Gasteiger partial charge is 0.480 e. The minimum Gasteiger partial charge on any atom is -0.480 e. The third-order valence-corrected chi connectivity index (χ3v) is 6.00. The van der Waals surface area contributed by atoms with Gasteiger partial charge in [0.25, 0.3) is 0 Å². The van der Waals surface area contributed by atoms with Crippen LogP contribution in [0.15, 0.2) is 30.8 Å². The first kappa shape index (κ1) is 25.0. The smallest absolute Gasteiger partial charge is 0.416 e. The average molecular weight is 446 g/mol. The summed E-state index contributed by atoms with van der Waals surface area (Å²) in [5, 5.41) is 8.66. The normalized spacial score (nSPS) is 16.7. The lowest BCUT2D eigenvalue weighted by Gasteiger charge is -2.22. The Morgan fingerprint density at radius 2 is 1.59 bits per heavy atom. The number of hydrogen-bond donors (Lipinski definition) is 3. The molecular weight excluding hydrogens is 426 g/mol. The molecule has 0 aliphatic heterocycles. The Balaban J connectivity index is 2.94. The number of rotatable bonds is 9. The van der Waals surface area contributed by atoms with Gasteiger partial charge in [0.15, 0.2) is 0 Å². The summed E-state index contributed by atoms with van der Waals surface area (Å²) < 4.78 is 97.9. The van der Waals surface area contributed by atoms with Gasteiger partial charge in [-0.2, -0.15) is 26.3 Å². The number of halogens is 6. The van der Waals surface area contributed by atoms with Crippen LogP contribution in [0.3, 0.4) is 0 Å². The van der Waals surface area contributed by atoms with Gasteiger partial charge in [-0.1, -0.05) is 30.8 Å². The van der Waals surface area contributed by atoms with E-state index in [-0.39, 0.29) is 17.5 Å². The van der Waals surface area contributed by atoms with Crippen molar-refractivity contribution < 1.29 is 40.5 Å². The van der Waals surface area contributed by atoms with Gasteiger partial charge in [-0.05, 0) is 24.0 Å². The van der Waals surface area contributed by atoms with Crippen LogP contribution in [0, 0.1) is 4.78 Å². The first-order chi connectivity index (χ1) is 13.0. The molecule has 0 heterocycles. The van der Waals surface area contributed by atoms with Crippen LogP contribution in [-0.2, 0) is 14.5 Å². The molecule has 5 nitrogen and oxygen atoms in total. The molecule has 0 bridgehead atoms. The molecule has 0 saturated carbocycles. The number of carboxylic acid groups (broad SMARTS) is 1. The van der Waals surface area contributed by atoms with Crippen LogP contribution in [0.4, 0.5) is 26.3 Å². The van der Waals surface area contributed by atoms with Crippen LogP contribution < -0.4 is 5.73 Å². The molecule has 4 N–H and O–H groups in total. The summed E-state index contributed by atoms with van der Waals surface area (Å²) in [6, 6.07) is 2.13. The Hall–Kier alpha value is -2.08. The Bertz CT molecular complexity index is 832. The Morgan fingerprint density at radius 3 is 2.00 bits per heavy atom. The molecule has 0 saturated heterocycles. The summed E-state index contributed by atoms with van der Waals surface area (Å²) in [6.45, 7) is 2.87. The summed E-state index contributed by atoms with van der Waals surface area (Å²) in [5.41, 5.74) is 3.32. The van der Waals surface area contributed by atoms with Gasteiger partial charge in [0.2, 0.25) is 0 Å². The zero-order chi connectivity index (χ0) is 22.6. The van der Waals surface area contributed by atoms with E-state index in [1.165, 1.54) is 0 Å². The molecular formula is C17H20F6N2O3S. The highest BCUT2D eigenvalue weighted by Crippen LogP contribution is 2.39. The SMILES string of the molecule is C=C(c1ccc(C(CCS(=N)(=O)CC[C@H](N)C(=O)O)C(F)(F)F)cc1)C(F)(F)F. The standard InChI is InChI=1S/C17H20F6N2O3S/c1-10(16(18,19)20)11-2-4-12(5-3-11)13(17(21,22)23)6-8-29(25,28)9-7-14(24)15(26)27/h2-5,13-14,25H,1,6-9,24H2,(H,26,27)/t13?,14-,29?/m0/s1. The third kappa shape index (κ3) is 7.69. The Labute approximate surface area is 163 Å². The van der Waals surface area contributed by atoms with E-state index >= 15 is 0 Å². The number of nitrogens with one attached hydrogen (secondary N) is 1. The van der Waals surface area contributed by atoms with Crippen LogP contribution in [0.1, 0.15) is 29.9 Å². The van der Waals surface area contributed by atoms with E-state index in [1.807, 2.05) is 0 Å². The molecule has 29 heavy (non-hydrogen) atoms. The van der Waals surface area contributed by atoms with Crippen LogP contribution in [0.5, 0.6) is 0 Å². The number of benzene rings is 1. The van der Waals surface area contributed by atoms with Gasteiger partial charge in [-0.15, -0.1) is 0 Å². The summed E-state index contributed by atoms with van der Waals surface area (Å²) in [4.78, 5) is 10.6. The van der Waals surface area contributed by atoms with Gasteiger partial charge in [0, 0.05) is 21.2 Å². The van der Waals surface area contributed by atoms with E-state index in [2.05, 4.69) is 6.58 Å². The summed E-state index contributed by atoms with van der Waals surface area (Å²) in [6.07, 6.45) is -10.6. The van der Waals surface area contributed by atoms with Gasteiger partial charge in [-0.3, -0.25) is 9.57 Å². The number of aliphatic carboxylic acids is 1. The predicted molar refractivity (Wildman–Crippen MR) is 95.8 cm³/mol. The van der Waals surface area contributed by atoms with Crippen LogP contribution in [0.2, 0.25) is 0 Å².